The highest BCUT2D eigenvalue weighted by Gasteiger charge is 2.36. The highest BCUT2D eigenvalue weighted by atomic mass is 79.9. The molecule has 1 aromatic carbocycles. The Morgan fingerprint density at radius 2 is 2.00 bits per heavy atom. The Hall–Kier alpha value is -1.93. The molecule has 2 aromatic heterocycles. The van der Waals surface area contributed by atoms with Gasteiger partial charge in [-0.1, -0.05) is 25.7 Å². The van der Waals surface area contributed by atoms with Gasteiger partial charge in [0, 0.05) is 38.0 Å². The molecular weight excluding hydrogens is 513 g/mol. The summed E-state index contributed by atoms with van der Waals surface area (Å²) in [6.45, 7) is 7.34. The van der Waals surface area contributed by atoms with E-state index in [-0.39, 0.29) is 23.3 Å². The van der Waals surface area contributed by atoms with E-state index >= 15 is 0 Å². The van der Waals surface area contributed by atoms with Crippen LogP contribution in [0.25, 0.3) is 22.2 Å². The predicted octanol–water partition coefficient (Wildman–Crippen LogP) is 6.72. The van der Waals surface area contributed by atoms with Gasteiger partial charge in [0.05, 0.1) is 21.2 Å². The molecule has 31 heavy (non-hydrogen) atoms. The first-order valence-electron chi connectivity index (χ1n) is 9.31. The lowest BCUT2D eigenvalue weighted by atomic mass is 10.0. The van der Waals surface area contributed by atoms with Gasteiger partial charge < -0.3 is 9.30 Å². The lowest BCUT2D eigenvalue weighted by molar-refractivity contribution is -0.137. The number of halogens is 5. The van der Waals surface area contributed by atoms with Gasteiger partial charge in [0.15, 0.2) is 0 Å². The summed E-state index contributed by atoms with van der Waals surface area (Å²) < 4.78 is 48.8. The third-order valence-electron chi connectivity index (χ3n) is 4.65. The fourth-order valence-corrected chi connectivity index (χ4v) is 4.60. The van der Waals surface area contributed by atoms with E-state index in [1.54, 1.807) is 22.9 Å². The zero-order valence-corrected chi connectivity index (χ0v) is 20.4. The highest BCUT2D eigenvalue weighted by Crippen LogP contribution is 2.41. The quantitative estimate of drug-likeness (QED) is 0.201. The Balaban J connectivity index is 2.16. The topological polar surface area (TPSA) is 63.7 Å². The van der Waals surface area contributed by atoms with E-state index in [0.29, 0.717) is 33.7 Å². The summed E-state index contributed by atoms with van der Waals surface area (Å²) in [6.07, 6.45) is -2.44. The van der Waals surface area contributed by atoms with Crippen LogP contribution in [0.3, 0.4) is 0 Å². The maximum atomic E-state index is 13.6. The Kier molecular flexibility index (Phi) is 6.81. The fourth-order valence-electron chi connectivity index (χ4n) is 3.04. The van der Waals surface area contributed by atoms with Crippen molar-refractivity contribution in [1.82, 2.24) is 14.5 Å². The summed E-state index contributed by atoms with van der Waals surface area (Å²) in [5.41, 5.74) is -0.182. The van der Waals surface area contributed by atoms with Crippen LogP contribution < -0.4 is 0 Å². The van der Waals surface area contributed by atoms with Crippen molar-refractivity contribution in [1.29, 1.82) is 5.26 Å². The largest absolute Gasteiger partial charge is 0.419 e. The summed E-state index contributed by atoms with van der Waals surface area (Å²) in [5, 5.41) is 9.58. The van der Waals surface area contributed by atoms with Crippen LogP contribution in [0.2, 0.25) is 31.0 Å². The summed E-state index contributed by atoms with van der Waals surface area (Å²) in [5.74, 6) is 0. The Morgan fingerprint density at radius 3 is 2.61 bits per heavy atom. The molecule has 0 fully saturated rings. The van der Waals surface area contributed by atoms with Gasteiger partial charge in [0.25, 0.3) is 0 Å². The zero-order chi connectivity index (χ0) is 23.0. The maximum absolute atomic E-state index is 13.6. The van der Waals surface area contributed by atoms with E-state index in [4.69, 9.17) is 16.3 Å². The number of nitrogens with zero attached hydrogens (tertiary/aromatic N) is 4. The fraction of sp³-hybridized carbons (Fsp3) is 0.350. The molecule has 5 nitrogen and oxygen atoms in total. The molecule has 164 valence electrons. The molecule has 0 bridgehead atoms. The van der Waals surface area contributed by atoms with Crippen molar-refractivity contribution >= 4 is 46.5 Å². The minimum atomic E-state index is -4.66. The minimum absolute atomic E-state index is 0.120. The molecule has 0 amide bonds. The number of alkyl halides is 3. The van der Waals surface area contributed by atoms with Crippen LogP contribution >= 0.6 is 27.5 Å². The SMILES string of the molecule is C[Si](C)(C)CCOCn1cc(-c2nc(Cl)ncc2C(F)(F)F)c2ccc(C#N)c(Br)c21. The van der Waals surface area contributed by atoms with Crippen LogP contribution in [0.15, 0.2) is 29.0 Å². The maximum Gasteiger partial charge on any atom is 0.419 e. The Labute approximate surface area is 192 Å². The first-order valence-corrected chi connectivity index (χ1v) is 14.2. The first-order chi connectivity index (χ1) is 14.4. The minimum Gasteiger partial charge on any atom is -0.361 e. The van der Waals surface area contributed by atoms with Crippen molar-refractivity contribution in [3.05, 3.63) is 45.4 Å². The number of ether oxygens (including phenoxy) is 1. The van der Waals surface area contributed by atoms with Crippen LogP contribution in [-0.2, 0) is 17.6 Å². The monoisotopic (exact) mass is 530 g/mol. The number of fused-ring (bicyclic) bond motifs is 1. The molecule has 0 radical (unpaired) electrons. The Morgan fingerprint density at radius 1 is 1.29 bits per heavy atom. The molecular formula is C20H19BrClF3N4OSi. The van der Waals surface area contributed by atoms with Crippen molar-refractivity contribution < 1.29 is 17.9 Å². The smallest absolute Gasteiger partial charge is 0.361 e. The van der Waals surface area contributed by atoms with Crippen molar-refractivity contribution in [3.8, 4) is 17.3 Å². The second kappa shape index (κ2) is 8.90. The molecule has 0 aliphatic rings. The van der Waals surface area contributed by atoms with Crippen molar-refractivity contribution in [2.24, 2.45) is 0 Å². The molecule has 11 heteroatoms. The summed E-state index contributed by atoms with van der Waals surface area (Å²) in [4.78, 5) is 7.38. The number of hydrogen-bond acceptors (Lipinski definition) is 4. The lowest BCUT2D eigenvalue weighted by Gasteiger charge is -2.16. The highest BCUT2D eigenvalue weighted by molar-refractivity contribution is 9.10. The van der Waals surface area contributed by atoms with Gasteiger partial charge in [-0.25, -0.2) is 9.97 Å². The summed E-state index contributed by atoms with van der Waals surface area (Å²) in [7, 11) is -1.30. The molecule has 3 rings (SSSR count). The molecule has 0 aliphatic heterocycles. The number of benzene rings is 1. The summed E-state index contributed by atoms with van der Waals surface area (Å²) in [6, 6.07) is 6.17. The van der Waals surface area contributed by atoms with Crippen LogP contribution in [0.5, 0.6) is 0 Å². The zero-order valence-electron chi connectivity index (χ0n) is 17.0. The van der Waals surface area contributed by atoms with Crippen LogP contribution in [0, 0.1) is 11.3 Å². The van der Waals surface area contributed by atoms with Crippen molar-refractivity contribution in [2.45, 2.75) is 38.6 Å². The number of rotatable bonds is 6. The van der Waals surface area contributed by atoms with Crippen LogP contribution in [0.1, 0.15) is 11.1 Å². The molecule has 0 unspecified atom stereocenters. The van der Waals surface area contributed by atoms with Gasteiger partial charge in [0.1, 0.15) is 18.4 Å². The second-order valence-electron chi connectivity index (χ2n) is 8.19. The predicted molar refractivity (Wildman–Crippen MR) is 119 cm³/mol. The second-order valence-corrected chi connectivity index (χ2v) is 14.9. The first kappa shape index (κ1) is 23.7. The molecule has 0 saturated heterocycles. The van der Waals surface area contributed by atoms with E-state index in [9.17, 15) is 18.4 Å². The average Bonchev–Trinajstić information content (AvgIpc) is 3.03. The normalized spacial score (nSPS) is 12.4. The van der Waals surface area contributed by atoms with Crippen LogP contribution in [0.4, 0.5) is 13.2 Å². The van der Waals surface area contributed by atoms with Gasteiger partial charge >= 0.3 is 6.18 Å². The molecule has 2 heterocycles. The number of nitriles is 1. The van der Waals surface area contributed by atoms with Gasteiger partial charge in [-0.3, -0.25) is 0 Å². The molecule has 3 aromatic rings. The van der Waals surface area contributed by atoms with E-state index in [1.165, 1.54) is 0 Å². The van der Waals surface area contributed by atoms with Gasteiger partial charge in [-0.2, -0.15) is 18.4 Å². The number of hydrogen-bond donors (Lipinski definition) is 0. The molecule has 0 atom stereocenters. The average molecular weight is 532 g/mol. The van der Waals surface area contributed by atoms with Gasteiger partial charge in [-0.15, -0.1) is 0 Å². The molecule has 0 spiro atoms. The third-order valence-corrected chi connectivity index (χ3v) is 7.33. The van der Waals surface area contributed by atoms with E-state index in [0.717, 1.165) is 6.04 Å². The molecule has 0 aliphatic carbocycles. The van der Waals surface area contributed by atoms with Gasteiger partial charge in [-0.05, 0) is 39.6 Å². The molecule has 0 N–H and O–H groups in total. The Bertz CT molecular complexity index is 1170. The van der Waals surface area contributed by atoms with Crippen molar-refractivity contribution in [2.75, 3.05) is 6.61 Å². The van der Waals surface area contributed by atoms with Crippen molar-refractivity contribution in [3.63, 3.8) is 0 Å². The lowest BCUT2D eigenvalue weighted by Crippen LogP contribution is -2.22. The van der Waals surface area contributed by atoms with E-state index in [2.05, 4.69) is 51.6 Å². The third kappa shape index (κ3) is 5.29. The molecule has 0 saturated carbocycles. The number of aromatic nitrogens is 3. The van der Waals surface area contributed by atoms with Gasteiger partial charge in [0.2, 0.25) is 5.28 Å². The summed E-state index contributed by atoms with van der Waals surface area (Å²) >= 11 is 9.25. The van der Waals surface area contributed by atoms with E-state index in [1.807, 2.05) is 0 Å². The standard InChI is InChI=1S/C20H19BrClF3N4OSi/c1-31(2,3)7-6-30-11-29-10-14(13-5-4-12(8-26)16(21)18(13)29)17-15(20(23,24)25)9-27-19(22)28-17/h4-5,9-10H,6-7,11H2,1-3H3. The van der Waals surface area contributed by atoms with Crippen LogP contribution in [-0.4, -0.2) is 29.2 Å². The van der Waals surface area contributed by atoms with E-state index < -0.39 is 19.8 Å².